The first kappa shape index (κ1) is 20.2. The SMILES string of the molecule is C=C1C(=O)O[C@H]2/C=C(\C)CC/C=C(\C)CC/C=C(\C)CC(OC(C)=O)[C@@H]12. The van der Waals surface area contributed by atoms with Gasteiger partial charge in [-0.05, 0) is 52.5 Å². The molecule has 0 aromatic heterocycles. The average molecular weight is 358 g/mol. The Hall–Kier alpha value is -2.10. The van der Waals surface area contributed by atoms with E-state index in [9.17, 15) is 9.59 Å². The number of allylic oxidation sites excluding steroid dienone is 4. The molecule has 142 valence electrons. The van der Waals surface area contributed by atoms with Crippen LogP contribution in [0.4, 0.5) is 0 Å². The molecule has 3 atom stereocenters. The Balaban J connectivity index is 2.38. The van der Waals surface area contributed by atoms with Crippen LogP contribution < -0.4 is 0 Å². The van der Waals surface area contributed by atoms with Crippen LogP contribution in [0.1, 0.15) is 59.8 Å². The Morgan fingerprint density at radius 3 is 2.38 bits per heavy atom. The van der Waals surface area contributed by atoms with Gasteiger partial charge in [-0.25, -0.2) is 4.79 Å². The van der Waals surface area contributed by atoms with Crippen molar-refractivity contribution >= 4 is 11.9 Å². The van der Waals surface area contributed by atoms with Crippen LogP contribution in [0, 0.1) is 5.92 Å². The van der Waals surface area contributed by atoms with Crippen molar-refractivity contribution < 1.29 is 19.1 Å². The molecule has 1 unspecified atom stereocenters. The molecular formula is C22H30O4. The lowest BCUT2D eigenvalue weighted by atomic mass is 9.86. The minimum absolute atomic E-state index is 0.343. The van der Waals surface area contributed by atoms with Gasteiger partial charge in [0.15, 0.2) is 0 Å². The molecule has 0 radical (unpaired) electrons. The molecule has 4 nitrogen and oxygen atoms in total. The Kier molecular flexibility index (Phi) is 7.01. The van der Waals surface area contributed by atoms with E-state index in [0.717, 1.165) is 36.8 Å². The maximum atomic E-state index is 12.1. The van der Waals surface area contributed by atoms with Crippen molar-refractivity contribution in [3.63, 3.8) is 0 Å². The minimum atomic E-state index is -0.448. The highest BCUT2D eigenvalue weighted by atomic mass is 16.6. The Labute approximate surface area is 156 Å². The number of esters is 2. The van der Waals surface area contributed by atoms with Crippen molar-refractivity contribution in [3.8, 4) is 0 Å². The van der Waals surface area contributed by atoms with Crippen LogP contribution in [0.25, 0.3) is 0 Å². The third-order valence-electron chi connectivity index (χ3n) is 5.01. The summed E-state index contributed by atoms with van der Waals surface area (Å²) in [6.07, 6.45) is 10.0. The van der Waals surface area contributed by atoms with Gasteiger partial charge in [-0.3, -0.25) is 4.79 Å². The van der Waals surface area contributed by atoms with Gasteiger partial charge in [0.2, 0.25) is 0 Å². The number of carbonyl (C=O) groups excluding carboxylic acids is 2. The second-order valence-electron chi connectivity index (χ2n) is 7.46. The summed E-state index contributed by atoms with van der Waals surface area (Å²) in [6.45, 7) is 11.6. The second-order valence-corrected chi connectivity index (χ2v) is 7.46. The normalized spacial score (nSPS) is 34.2. The molecule has 2 rings (SSSR count). The van der Waals surface area contributed by atoms with Gasteiger partial charge in [0.25, 0.3) is 0 Å². The lowest BCUT2D eigenvalue weighted by Gasteiger charge is -2.26. The molecule has 0 aromatic carbocycles. The smallest absolute Gasteiger partial charge is 0.334 e. The number of hydrogen-bond donors (Lipinski definition) is 0. The van der Waals surface area contributed by atoms with Gasteiger partial charge in [0.1, 0.15) is 12.2 Å². The first-order chi connectivity index (χ1) is 12.3. The minimum Gasteiger partial charge on any atom is -0.461 e. The standard InChI is InChI=1S/C22H30O4/c1-14-8-6-10-15(2)12-19(25-18(5)23)21-17(4)22(24)26-20(21)13-16(3)11-7-9-14/h9-10,13,19-21H,4,6-8,11-12H2,1-3,5H3/b14-9+,15-10+,16-13+/t19?,20-,21+/m0/s1. The summed E-state index contributed by atoms with van der Waals surface area (Å²) >= 11 is 0. The van der Waals surface area contributed by atoms with E-state index in [1.165, 1.54) is 12.5 Å². The zero-order valence-corrected chi connectivity index (χ0v) is 16.3. The number of hydrogen-bond acceptors (Lipinski definition) is 4. The fourth-order valence-corrected chi connectivity index (χ4v) is 3.59. The highest BCUT2D eigenvalue weighted by molar-refractivity contribution is 5.91. The van der Waals surface area contributed by atoms with Crippen molar-refractivity contribution in [3.05, 3.63) is 47.1 Å². The van der Waals surface area contributed by atoms with Crippen LogP contribution >= 0.6 is 0 Å². The number of carbonyl (C=O) groups is 2. The predicted molar refractivity (Wildman–Crippen MR) is 102 cm³/mol. The molecule has 1 aliphatic heterocycles. The zero-order chi connectivity index (χ0) is 19.3. The van der Waals surface area contributed by atoms with Gasteiger partial charge in [-0.15, -0.1) is 0 Å². The van der Waals surface area contributed by atoms with E-state index in [0.29, 0.717) is 12.0 Å². The molecule has 4 heteroatoms. The largest absolute Gasteiger partial charge is 0.461 e. The van der Waals surface area contributed by atoms with Gasteiger partial charge < -0.3 is 9.47 Å². The van der Waals surface area contributed by atoms with Crippen molar-refractivity contribution in [2.24, 2.45) is 5.92 Å². The topological polar surface area (TPSA) is 52.6 Å². The van der Waals surface area contributed by atoms with E-state index in [2.05, 4.69) is 25.7 Å². The summed E-state index contributed by atoms with van der Waals surface area (Å²) in [6, 6.07) is 0. The van der Waals surface area contributed by atoms with E-state index >= 15 is 0 Å². The van der Waals surface area contributed by atoms with Crippen molar-refractivity contribution in [1.82, 2.24) is 0 Å². The van der Waals surface area contributed by atoms with E-state index < -0.39 is 18.2 Å². The molecule has 26 heavy (non-hydrogen) atoms. The summed E-state index contributed by atoms with van der Waals surface area (Å²) in [5.41, 5.74) is 4.08. The van der Waals surface area contributed by atoms with Crippen LogP contribution in [0.2, 0.25) is 0 Å². The van der Waals surface area contributed by atoms with Crippen LogP contribution in [-0.4, -0.2) is 24.1 Å². The molecular weight excluding hydrogens is 328 g/mol. The monoisotopic (exact) mass is 358 g/mol. The summed E-state index contributed by atoms with van der Waals surface area (Å²) in [4.78, 5) is 23.8. The van der Waals surface area contributed by atoms with E-state index in [4.69, 9.17) is 9.47 Å². The summed E-state index contributed by atoms with van der Waals surface area (Å²) in [5.74, 6) is -1.10. The zero-order valence-electron chi connectivity index (χ0n) is 16.3. The molecule has 0 amide bonds. The van der Waals surface area contributed by atoms with E-state index in [1.807, 2.05) is 19.9 Å². The van der Waals surface area contributed by atoms with Crippen LogP contribution in [0.15, 0.2) is 47.1 Å². The lowest BCUT2D eigenvalue weighted by molar-refractivity contribution is -0.149. The molecule has 1 aliphatic carbocycles. The molecule has 2 aliphatic rings. The van der Waals surface area contributed by atoms with Gasteiger partial charge in [-0.2, -0.15) is 0 Å². The summed E-state index contributed by atoms with van der Waals surface area (Å²) in [5, 5.41) is 0. The first-order valence-electron chi connectivity index (χ1n) is 9.33. The summed E-state index contributed by atoms with van der Waals surface area (Å²) < 4.78 is 11.1. The fraction of sp³-hybridized carbons (Fsp3) is 0.545. The van der Waals surface area contributed by atoms with E-state index in [-0.39, 0.29) is 11.9 Å². The maximum absolute atomic E-state index is 12.1. The molecule has 0 N–H and O–H groups in total. The predicted octanol–water partition coefficient (Wildman–Crippen LogP) is 4.82. The van der Waals surface area contributed by atoms with Gasteiger partial charge in [0.05, 0.1) is 5.92 Å². The molecule has 1 saturated heterocycles. The number of ether oxygens (including phenoxy) is 2. The van der Waals surface area contributed by atoms with Crippen molar-refractivity contribution in [2.75, 3.05) is 0 Å². The number of rotatable bonds is 1. The quantitative estimate of drug-likeness (QED) is 0.383. The summed E-state index contributed by atoms with van der Waals surface area (Å²) in [7, 11) is 0. The first-order valence-corrected chi connectivity index (χ1v) is 9.33. The van der Waals surface area contributed by atoms with Crippen LogP contribution in [-0.2, 0) is 19.1 Å². The average Bonchev–Trinajstić information content (AvgIpc) is 2.79. The number of fused-ring (bicyclic) bond motifs is 1. The van der Waals surface area contributed by atoms with Gasteiger partial charge in [-0.1, -0.05) is 35.5 Å². The fourth-order valence-electron chi connectivity index (χ4n) is 3.59. The second kappa shape index (κ2) is 9.02. The lowest BCUT2D eigenvalue weighted by Crippen LogP contribution is -2.32. The Morgan fingerprint density at radius 2 is 1.73 bits per heavy atom. The molecule has 0 spiro atoms. The van der Waals surface area contributed by atoms with Crippen LogP contribution in [0.3, 0.4) is 0 Å². The molecule has 0 aromatic rings. The van der Waals surface area contributed by atoms with Gasteiger partial charge in [0, 0.05) is 18.9 Å². The molecule has 0 bridgehead atoms. The van der Waals surface area contributed by atoms with Crippen LogP contribution in [0.5, 0.6) is 0 Å². The highest BCUT2D eigenvalue weighted by Gasteiger charge is 2.43. The maximum Gasteiger partial charge on any atom is 0.334 e. The van der Waals surface area contributed by atoms with E-state index in [1.54, 1.807) is 0 Å². The molecule has 1 fully saturated rings. The Morgan fingerprint density at radius 1 is 1.12 bits per heavy atom. The molecule has 1 heterocycles. The third-order valence-corrected chi connectivity index (χ3v) is 5.01. The molecule has 0 saturated carbocycles. The highest BCUT2D eigenvalue weighted by Crippen LogP contribution is 2.35. The van der Waals surface area contributed by atoms with Gasteiger partial charge >= 0.3 is 11.9 Å². The van der Waals surface area contributed by atoms with Crippen molar-refractivity contribution in [2.45, 2.75) is 72.0 Å². The third kappa shape index (κ3) is 5.45. The Bertz CT molecular complexity index is 666. The van der Waals surface area contributed by atoms with Crippen molar-refractivity contribution in [1.29, 1.82) is 0 Å².